The molecule has 34 heavy (non-hydrogen) atoms. The van der Waals surface area contributed by atoms with Crippen LogP contribution in [0.25, 0.3) is 22.7 Å². The number of rotatable bonds is 4. The van der Waals surface area contributed by atoms with Gasteiger partial charge in [0.2, 0.25) is 0 Å². The summed E-state index contributed by atoms with van der Waals surface area (Å²) in [6.07, 6.45) is 6.45. The van der Waals surface area contributed by atoms with Gasteiger partial charge >= 0.3 is 0 Å². The second-order valence-corrected chi connectivity index (χ2v) is 9.75. The first-order valence-electron chi connectivity index (χ1n) is 11.8. The molecule has 0 spiro atoms. The molecule has 11 heteroatoms. The van der Waals surface area contributed by atoms with Gasteiger partial charge in [-0.05, 0) is 43.4 Å². The Morgan fingerprint density at radius 3 is 2.74 bits per heavy atom. The van der Waals surface area contributed by atoms with Gasteiger partial charge in [-0.3, -0.25) is 10.2 Å². The van der Waals surface area contributed by atoms with E-state index < -0.39 is 0 Å². The molecule has 1 atom stereocenters. The molecule has 1 fully saturated rings. The predicted molar refractivity (Wildman–Crippen MR) is 130 cm³/mol. The third-order valence-corrected chi connectivity index (χ3v) is 7.39. The summed E-state index contributed by atoms with van der Waals surface area (Å²) in [6, 6.07) is 4.05. The monoisotopic (exact) mass is 459 g/mol. The Kier molecular flexibility index (Phi) is 4.94. The van der Waals surface area contributed by atoms with Crippen molar-refractivity contribution in [1.82, 2.24) is 40.3 Å². The summed E-state index contributed by atoms with van der Waals surface area (Å²) in [5.41, 5.74) is 10.5. The van der Waals surface area contributed by atoms with Crippen molar-refractivity contribution in [2.45, 2.75) is 39.0 Å². The fourth-order valence-electron chi connectivity index (χ4n) is 4.92. The van der Waals surface area contributed by atoms with E-state index in [1.165, 1.54) is 6.33 Å². The van der Waals surface area contributed by atoms with Crippen LogP contribution in [0, 0.1) is 5.41 Å². The number of anilines is 3. The molecule has 2 aliphatic heterocycles. The summed E-state index contributed by atoms with van der Waals surface area (Å²) in [5.74, 6) is 2.66. The quantitative estimate of drug-likeness (QED) is 0.420. The van der Waals surface area contributed by atoms with E-state index in [9.17, 15) is 0 Å². The van der Waals surface area contributed by atoms with Crippen LogP contribution in [0.3, 0.4) is 0 Å². The lowest BCUT2D eigenvalue weighted by Gasteiger charge is -2.39. The van der Waals surface area contributed by atoms with E-state index in [1.807, 2.05) is 12.3 Å². The summed E-state index contributed by atoms with van der Waals surface area (Å²) in [6.45, 7) is 7.90. The molecule has 0 radical (unpaired) electrons. The SMILES string of the molecule is C[C@H]1CCN(c2n[nH]c3nc(N4CCC(C)(CN)CC4)cnc23)c2ccc(-c3ncn[nH]3)nc21. The van der Waals surface area contributed by atoms with Gasteiger partial charge in [0.25, 0.3) is 0 Å². The topological polar surface area (TPSA) is 141 Å². The van der Waals surface area contributed by atoms with Crippen molar-refractivity contribution < 1.29 is 0 Å². The number of H-pyrrole nitrogens is 2. The van der Waals surface area contributed by atoms with Crippen molar-refractivity contribution in [1.29, 1.82) is 0 Å². The number of nitrogens with two attached hydrogens (primary N) is 1. The summed E-state index contributed by atoms with van der Waals surface area (Å²) in [4.78, 5) is 23.3. The standard InChI is InChI=1S/C23H29N11/c1-14-5-8-34(16-4-3-15(28-18(14)16)20-26-13-27-30-20)22-19-21(31-32-22)29-17(11-25-19)33-9-6-23(2,12-24)7-10-33/h3-4,11,13-14H,5-10,12,24H2,1-2H3,(H,26,27,30)(H,29,31,32)/t14-/m0/s1. The maximum atomic E-state index is 5.97. The maximum Gasteiger partial charge on any atom is 0.183 e. The first-order valence-corrected chi connectivity index (χ1v) is 11.8. The Morgan fingerprint density at radius 1 is 1.12 bits per heavy atom. The fraction of sp³-hybridized carbons (Fsp3) is 0.478. The molecule has 4 aromatic rings. The molecule has 0 aliphatic carbocycles. The van der Waals surface area contributed by atoms with Gasteiger partial charge < -0.3 is 15.5 Å². The van der Waals surface area contributed by atoms with Crippen LogP contribution in [0.4, 0.5) is 17.3 Å². The third kappa shape index (κ3) is 3.47. The highest BCUT2D eigenvalue weighted by Crippen LogP contribution is 2.40. The Hall–Kier alpha value is -3.60. The number of nitrogens with one attached hydrogen (secondary N) is 2. The minimum Gasteiger partial charge on any atom is -0.355 e. The van der Waals surface area contributed by atoms with Crippen LogP contribution in [-0.4, -0.2) is 66.5 Å². The van der Waals surface area contributed by atoms with Gasteiger partial charge in [0, 0.05) is 25.6 Å². The summed E-state index contributed by atoms with van der Waals surface area (Å²) < 4.78 is 0. The molecule has 0 unspecified atom stereocenters. The van der Waals surface area contributed by atoms with Gasteiger partial charge in [-0.25, -0.2) is 19.9 Å². The molecule has 6 heterocycles. The van der Waals surface area contributed by atoms with E-state index in [0.29, 0.717) is 17.4 Å². The van der Waals surface area contributed by atoms with E-state index in [2.05, 4.69) is 55.1 Å². The number of nitrogens with zero attached hydrogens (tertiary/aromatic N) is 8. The highest BCUT2D eigenvalue weighted by Gasteiger charge is 2.31. The first-order chi connectivity index (χ1) is 16.5. The van der Waals surface area contributed by atoms with E-state index in [1.54, 1.807) is 0 Å². The summed E-state index contributed by atoms with van der Waals surface area (Å²) in [5, 5.41) is 14.6. The molecule has 4 N–H and O–H groups in total. The van der Waals surface area contributed by atoms with Crippen molar-refractivity contribution in [3.05, 3.63) is 30.4 Å². The highest BCUT2D eigenvalue weighted by atomic mass is 15.3. The minimum atomic E-state index is 0.218. The highest BCUT2D eigenvalue weighted by molar-refractivity contribution is 5.87. The Bertz CT molecular complexity index is 1300. The van der Waals surface area contributed by atoms with E-state index in [0.717, 1.165) is 79.7 Å². The molecule has 0 saturated carbocycles. The predicted octanol–water partition coefficient (Wildman–Crippen LogP) is 2.74. The van der Waals surface area contributed by atoms with Crippen LogP contribution in [0.5, 0.6) is 0 Å². The molecule has 6 rings (SSSR count). The molecular weight excluding hydrogens is 430 g/mol. The van der Waals surface area contributed by atoms with E-state index in [4.69, 9.17) is 20.7 Å². The molecule has 4 aromatic heterocycles. The van der Waals surface area contributed by atoms with Crippen molar-refractivity contribution in [3.63, 3.8) is 0 Å². The number of piperidine rings is 1. The summed E-state index contributed by atoms with van der Waals surface area (Å²) >= 11 is 0. The number of aromatic nitrogens is 8. The van der Waals surface area contributed by atoms with E-state index in [-0.39, 0.29) is 5.41 Å². The Labute approximate surface area is 197 Å². The lowest BCUT2D eigenvalue weighted by atomic mass is 9.80. The number of hydrogen-bond acceptors (Lipinski definition) is 9. The Balaban J connectivity index is 1.31. The molecule has 2 aliphatic rings. The Morgan fingerprint density at radius 2 is 1.97 bits per heavy atom. The van der Waals surface area contributed by atoms with Gasteiger partial charge in [-0.1, -0.05) is 13.8 Å². The zero-order chi connectivity index (χ0) is 23.3. The number of fused-ring (bicyclic) bond motifs is 2. The first kappa shape index (κ1) is 21.0. The molecular formula is C23H29N11. The van der Waals surface area contributed by atoms with Crippen molar-refractivity contribution >= 4 is 28.5 Å². The second-order valence-electron chi connectivity index (χ2n) is 9.75. The minimum absolute atomic E-state index is 0.218. The smallest absolute Gasteiger partial charge is 0.183 e. The number of hydrogen-bond donors (Lipinski definition) is 3. The van der Waals surface area contributed by atoms with Gasteiger partial charge in [0.05, 0.1) is 17.6 Å². The van der Waals surface area contributed by atoms with Gasteiger partial charge in [-0.2, -0.15) is 10.2 Å². The van der Waals surface area contributed by atoms with Crippen LogP contribution in [0.2, 0.25) is 0 Å². The molecule has 0 bridgehead atoms. The fourth-order valence-corrected chi connectivity index (χ4v) is 4.92. The molecule has 0 aromatic carbocycles. The van der Waals surface area contributed by atoms with Crippen LogP contribution < -0.4 is 15.5 Å². The number of pyridine rings is 1. The normalized spacial score (nSPS) is 20.0. The maximum absolute atomic E-state index is 5.97. The van der Waals surface area contributed by atoms with Crippen LogP contribution >= 0.6 is 0 Å². The summed E-state index contributed by atoms with van der Waals surface area (Å²) in [7, 11) is 0. The molecule has 1 saturated heterocycles. The van der Waals surface area contributed by atoms with Crippen molar-refractivity contribution in [2.75, 3.05) is 36.0 Å². The molecule has 11 nitrogen and oxygen atoms in total. The third-order valence-electron chi connectivity index (χ3n) is 7.39. The zero-order valence-electron chi connectivity index (χ0n) is 19.5. The lowest BCUT2D eigenvalue weighted by molar-refractivity contribution is 0.258. The van der Waals surface area contributed by atoms with Crippen LogP contribution in [-0.2, 0) is 0 Å². The van der Waals surface area contributed by atoms with Gasteiger partial charge in [0.1, 0.15) is 17.8 Å². The zero-order valence-corrected chi connectivity index (χ0v) is 19.5. The van der Waals surface area contributed by atoms with Crippen molar-refractivity contribution in [2.24, 2.45) is 11.1 Å². The average molecular weight is 460 g/mol. The van der Waals surface area contributed by atoms with Gasteiger partial charge in [0.15, 0.2) is 22.8 Å². The van der Waals surface area contributed by atoms with Crippen LogP contribution in [0.15, 0.2) is 24.7 Å². The van der Waals surface area contributed by atoms with Crippen molar-refractivity contribution in [3.8, 4) is 11.5 Å². The molecule has 0 amide bonds. The van der Waals surface area contributed by atoms with Crippen LogP contribution in [0.1, 0.15) is 44.7 Å². The number of aromatic amines is 2. The lowest BCUT2D eigenvalue weighted by Crippen LogP contribution is -2.42. The average Bonchev–Trinajstić information content (AvgIpc) is 3.55. The molecule has 176 valence electrons. The second kappa shape index (κ2) is 8.01. The van der Waals surface area contributed by atoms with Gasteiger partial charge in [-0.15, -0.1) is 0 Å². The largest absolute Gasteiger partial charge is 0.355 e. The van der Waals surface area contributed by atoms with E-state index >= 15 is 0 Å².